The predicted octanol–water partition coefficient (Wildman–Crippen LogP) is 3.71. The molecule has 1 aliphatic heterocycles. The molecule has 3 rings (SSSR count). The van der Waals surface area contributed by atoms with E-state index in [1.807, 2.05) is 6.07 Å². The van der Waals surface area contributed by atoms with Crippen molar-refractivity contribution < 1.29 is 9.13 Å². The van der Waals surface area contributed by atoms with Crippen molar-refractivity contribution in [2.45, 2.75) is 50.2 Å². The summed E-state index contributed by atoms with van der Waals surface area (Å²) in [5, 5.41) is 3.48. The zero-order chi connectivity index (χ0) is 16.8. The Kier molecular flexibility index (Phi) is 6.95. The van der Waals surface area contributed by atoms with E-state index < -0.39 is 0 Å². The molecule has 5 heteroatoms. The van der Waals surface area contributed by atoms with Crippen LogP contribution in [-0.2, 0) is 4.74 Å². The zero-order valence-corrected chi connectivity index (χ0v) is 15.3. The molecule has 1 aromatic rings. The lowest BCUT2D eigenvalue weighted by atomic mass is 9.82. The topological polar surface area (TPSA) is 33.3 Å². The minimum Gasteiger partial charge on any atom is -0.378 e. The second-order valence-corrected chi connectivity index (χ2v) is 7.69. The Hall–Kier alpha value is -0.620. The maximum Gasteiger partial charge on any atom is 0.123 e. The first-order valence-corrected chi connectivity index (χ1v) is 10.3. The first-order valence-electron chi connectivity index (χ1n) is 9.12. The molecule has 134 valence electrons. The Balaban J connectivity index is 1.43. The highest BCUT2D eigenvalue weighted by Crippen LogP contribution is 2.34. The van der Waals surface area contributed by atoms with E-state index in [0.717, 1.165) is 50.9 Å². The normalized spacial score (nSPS) is 31.1. The van der Waals surface area contributed by atoms with Crippen LogP contribution in [0.4, 0.5) is 4.39 Å². The molecule has 2 fully saturated rings. The van der Waals surface area contributed by atoms with Gasteiger partial charge in [-0.15, -0.1) is 0 Å². The fourth-order valence-corrected chi connectivity index (χ4v) is 4.60. The lowest BCUT2D eigenvalue weighted by Crippen LogP contribution is -2.47. The van der Waals surface area contributed by atoms with E-state index in [1.54, 1.807) is 18.0 Å². The fourth-order valence-electron chi connectivity index (χ4n) is 3.99. The Morgan fingerprint density at radius 1 is 1.25 bits per heavy atom. The molecule has 2 atom stereocenters. The molecule has 1 saturated heterocycles. The molecule has 1 aliphatic carbocycles. The molecule has 24 heavy (non-hydrogen) atoms. The molecule has 2 aliphatic rings. The molecule has 1 heterocycles. The summed E-state index contributed by atoms with van der Waals surface area (Å²) in [7, 11) is 0. The summed E-state index contributed by atoms with van der Waals surface area (Å²) in [6, 6.07) is 7.64. The largest absolute Gasteiger partial charge is 0.378 e. The molecule has 1 aromatic carbocycles. The van der Waals surface area contributed by atoms with Crippen molar-refractivity contribution in [1.29, 1.82) is 0 Å². The minimum absolute atomic E-state index is 0.122. The highest BCUT2D eigenvalue weighted by atomic mass is 32.2. The third-order valence-corrected chi connectivity index (χ3v) is 5.96. The van der Waals surface area contributed by atoms with Gasteiger partial charge in [-0.25, -0.2) is 4.39 Å². The van der Waals surface area contributed by atoms with Crippen LogP contribution in [0.25, 0.3) is 0 Å². The summed E-state index contributed by atoms with van der Waals surface area (Å²) in [4.78, 5) is 0. The van der Waals surface area contributed by atoms with E-state index in [1.165, 1.54) is 12.5 Å². The molecular weight excluding hydrogens is 323 g/mol. The SMILES string of the molecule is CSNC1CCNCC1CO[C@H]1CC[C@@H](c2cccc(F)c2)CC1. The van der Waals surface area contributed by atoms with Crippen LogP contribution < -0.4 is 10.0 Å². The first kappa shape index (κ1) is 18.2. The van der Waals surface area contributed by atoms with Crippen LogP contribution in [-0.4, -0.2) is 38.1 Å². The molecule has 0 amide bonds. The minimum atomic E-state index is -0.122. The molecule has 0 aromatic heterocycles. The van der Waals surface area contributed by atoms with Gasteiger partial charge in [0, 0.05) is 18.5 Å². The molecular formula is C19H29FN2OS. The molecule has 0 bridgehead atoms. The first-order chi connectivity index (χ1) is 11.8. The van der Waals surface area contributed by atoms with Gasteiger partial charge < -0.3 is 10.1 Å². The zero-order valence-electron chi connectivity index (χ0n) is 14.5. The number of hydrogen-bond acceptors (Lipinski definition) is 4. The Bertz CT molecular complexity index is 506. The van der Waals surface area contributed by atoms with Crippen LogP contribution in [0.1, 0.15) is 43.6 Å². The summed E-state index contributed by atoms with van der Waals surface area (Å²) < 4.78 is 23.1. The van der Waals surface area contributed by atoms with Gasteiger partial charge in [0.05, 0.1) is 12.7 Å². The van der Waals surface area contributed by atoms with E-state index in [2.05, 4.69) is 22.4 Å². The Labute approximate surface area is 149 Å². The maximum atomic E-state index is 13.4. The van der Waals surface area contributed by atoms with E-state index in [9.17, 15) is 4.39 Å². The van der Waals surface area contributed by atoms with Crippen molar-refractivity contribution >= 4 is 11.9 Å². The van der Waals surface area contributed by atoms with E-state index in [-0.39, 0.29) is 5.82 Å². The van der Waals surface area contributed by atoms with E-state index in [0.29, 0.717) is 24.0 Å². The summed E-state index contributed by atoms with van der Waals surface area (Å²) in [5.41, 5.74) is 1.15. The number of rotatable bonds is 6. The summed E-state index contributed by atoms with van der Waals surface area (Å²) >= 11 is 1.71. The van der Waals surface area contributed by atoms with Gasteiger partial charge in [0.15, 0.2) is 0 Å². The average Bonchev–Trinajstić information content (AvgIpc) is 2.62. The van der Waals surface area contributed by atoms with Crippen molar-refractivity contribution in [3.63, 3.8) is 0 Å². The van der Waals surface area contributed by atoms with Gasteiger partial charge in [0.25, 0.3) is 0 Å². The highest BCUT2D eigenvalue weighted by molar-refractivity contribution is 7.96. The number of halogens is 1. The number of nitrogens with one attached hydrogen (secondary N) is 2. The second-order valence-electron chi connectivity index (χ2n) is 7.04. The third-order valence-electron chi connectivity index (χ3n) is 5.42. The fraction of sp³-hybridized carbons (Fsp3) is 0.684. The van der Waals surface area contributed by atoms with Crippen LogP contribution in [0.3, 0.4) is 0 Å². The van der Waals surface area contributed by atoms with Crippen LogP contribution >= 0.6 is 11.9 Å². The van der Waals surface area contributed by atoms with Gasteiger partial charge >= 0.3 is 0 Å². The Morgan fingerprint density at radius 3 is 2.83 bits per heavy atom. The predicted molar refractivity (Wildman–Crippen MR) is 98.8 cm³/mol. The number of hydrogen-bond donors (Lipinski definition) is 2. The van der Waals surface area contributed by atoms with Crippen molar-refractivity contribution in [2.24, 2.45) is 5.92 Å². The van der Waals surface area contributed by atoms with Gasteiger partial charge in [0.2, 0.25) is 0 Å². The third kappa shape index (κ3) is 4.94. The van der Waals surface area contributed by atoms with Gasteiger partial charge in [-0.1, -0.05) is 24.1 Å². The van der Waals surface area contributed by atoms with E-state index in [4.69, 9.17) is 4.74 Å². The molecule has 2 N–H and O–H groups in total. The second kappa shape index (κ2) is 9.18. The van der Waals surface area contributed by atoms with Crippen molar-refractivity contribution in [2.75, 3.05) is 26.0 Å². The highest BCUT2D eigenvalue weighted by Gasteiger charge is 2.28. The van der Waals surface area contributed by atoms with Crippen molar-refractivity contribution in [3.8, 4) is 0 Å². The van der Waals surface area contributed by atoms with Gasteiger partial charge in [0.1, 0.15) is 5.82 Å². The quantitative estimate of drug-likeness (QED) is 0.765. The number of piperidine rings is 1. The van der Waals surface area contributed by atoms with Gasteiger partial charge in [-0.2, -0.15) is 0 Å². The van der Waals surface area contributed by atoms with Crippen LogP contribution in [0.2, 0.25) is 0 Å². The van der Waals surface area contributed by atoms with Crippen molar-refractivity contribution in [3.05, 3.63) is 35.6 Å². The summed E-state index contributed by atoms with van der Waals surface area (Å²) in [6.07, 6.45) is 8.00. The molecule has 0 spiro atoms. The van der Waals surface area contributed by atoms with E-state index >= 15 is 0 Å². The standard InChI is InChI=1S/C19H29FN2OS/c1-24-22-19-9-10-21-12-16(19)13-23-18-7-5-14(6-8-18)15-3-2-4-17(20)11-15/h2-4,11,14,16,18-19,21-22H,5-10,12-13H2,1H3/t14-,16?,18+,19?. The number of ether oxygens (including phenoxy) is 1. The van der Waals surface area contributed by atoms with Gasteiger partial charge in [-0.05, 0) is 68.5 Å². The Morgan fingerprint density at radius 2 is 2.08 bits per heavy atom. The molecule has 1 saturated carbocycles. The average molecular weight is 353 g/mol. The van der Waals surface area contributed by atoms with Crippen LogP contribution in [0.5, 0.6) is 0 Å². The van der Waals surface area contributed by atoms with Crippen LogP contribution in [0.15, 0.2) is 24.3 Å². The van der Waals surface area contributed by atoms with Crippen molar-refractivity contribution in [1.82, 2.24) is 10.0 Å². The summed E-state index contributed by atoms with van der Waals surface area (Å²) in [5.74, 6) is 0.915. The maximum absolute atomic E-state index is 13.4. The number of benzene rings is 1. The van der Waals surface area contributed by atoms with Gasteiger partial charge in [-0.3, -0.25) is 4.72 Å². The summed E-state index contributed by atoms with van der Waals surface area (Å²) in [6.45, 7) is 2.96. The lowest BCUT2D eigenvalue weighted by Gasteiger charge is -2.34. The van der Waals surface area contributed by atoms with Crippen LogP contribution in [0, 0.1) is 11.7 Å². The smallest absolute Gasteiger partial charge is 0.123 e. The lowest BCUT2D eigenvalue weighted by molar-refractivity contribution is -0.00386. The monoisotopic (exact) mass is 352 g/mol. The molecule has 0 radical (unpaired) electrons. The molecule has 3 nitrogen and oxygen atoms in total. The molecule has 2 unspecified atom stereocenters.